The first-order chi connectivity index (χ1) is 10.1. The maximum absolute atomic E-state index is 5.99. The van der Waals surface area contributed by atoms with Gasteiger partial charge in [-0.25, -0.2) is 0 Å². The largest absolute Gasteiger partial charge is 0.454 e. The lowest BCUT2D eigenvalue weighted by Crippen LogP contribution is -2.14. The van der Waals surface area contributed by atoms with Gasteiger partial charge < -0.3 is 10.1 Å². The van der Waals surface area contributed by atoms with Crippen LogP contribution in [0.25, 0.3) is 0 Å². The van der Waals surface area contributed by atoms with Gasteiger partial charge in [-0.15, -0.1) is 0 Å². The van der Waals surface area contributed by atoms with Gasteiger partial charge in [-0.2, -0.15) is 5.10 Å². The number of hydrogen-bond donors (Lipinski definition) is 1. The van der Waals surface area contributed by atoms with Gasteiger partial charge in [0, 0.05) is 36.1 Å². The molecule has 5 nitrogen and oxygen atoms in total. The third-order valence-corrected chi connectivity index (χ3v) is 3.16. The monoisotopic (exact) mass is 288 g/mol. The van der Waals surface area contributed by atoms with Crippen LogP contribution in [0.4, 0.5) is 0 Å². The van der Waals surface area contributed by atoms with E-state index in [1.54, 1.807) is 6.20 Å². The van der Waals surface area contributed by atoms with E-state index in [0.29, 0.717) is 6.04 Å². The van der Waals surface area contributed by atoms with Crippen LogP contribution in [0.15, 0.2) is 24.7 Å². The molecule has 0 aromatic carbocycles. The van der Waals surface area contributed by atoms with Crippen LogP contribution in [0.2, 0.25) is 0 Å². The number of aryl methyl sites for hydroxylation is 1. The third kappa shape index (κ3) is 4.29. The van der Waals surface area contributed by atoms with Crippen LogP contribution in [0.1, 0.15) is 44.5 Å². The summed E-state index contributed by atoms with van der Waals surface area (Å²) in [6.07, 6.45) is 6.65. The molecule has 0 aliphatic heterocycles. The van der Waals surface area contributed by atoms with Crippen molar-refractivity contribution in [1.82, 2.24) is 20.1 Å². The van der Waals surface area contributed by atoms with Crippen molar-refractivity contribution in [2.24, 2.45) is 0 Å². The molecular formula is C16H24N4O. The molecule has 0 bridgehead atoms. The zero-order valence-electron chi connectivity index (χ0n) is 13.3. The number of rotatable bonds is 7. The van der Waals surface area contributed by atoms with E-state index in [1.807, 2.05) is 30.1 Å². The van der Waals surface area contributed by atoms with E-state index < -0.39 is 0 Å². The fourth-order valence-electron chi connectivity index (χ4n) is 1.97. The van der Waals surface area contributed by atoms with Crippen LogP contribution in [0, 0.1) is 6.92 Å². The molecule has 0 saturated carbocycles. The third-order valence-electron chi connectivity index (χ3n) is 3.16. The van der Waals surface area contributed by atoms with E-state index in [-0.39, 0.29) is 0 Å². The number of nitrogens with one attached hydrogen (secondary N) is 1. The van der Waals surface area contributed by atoms with Crippen molar-refractivity contribution < 1.29 is 4.74 Å². The summed E-state index contributed by atoms with van der Waals surface area (Å²) in [6.45, 7) is 10.0. The van der Waals surface area contributed by atoms with Gasteiger partial charge in [0.15, 0.2) is 5.75 Å². The molecule has 2 aromatic heterocycles. The average Bonchev–Trinajstić information content (AvgIpc) is 2.90. The molecule has 2 heterocycles. The molecule has 0 spiro atoms. The Kier molecular flexibility index (Phi) is 5.33. The SMILES string of the molecule is CCCNCc1cnc(C)cc1Oc1cnn(C(C)C)c1. The Morgan fingerprint density at radius 2 is 2.14 bits per heavy atom. The van der Waals surface area contributed by atoms with Gasteiger partial charge in [0.25, 0.3) is 0 Å². The fraction of sp³-hybridized carbons (Fsp3) is 0.500. The Bertz CT molecular complexity index is 577. The summed E-state index contributed by atoms with van der Waals surface area (Å²) in [6, 6.07) is 2.29. The van der Waals surface area contributed by atoms with Crippen LogP contribution in [0.5, 0.6) is 11.5 Å². The van der Waals surface area contributed by atoms with Crippen molar-refractivity contribution in [3.8, 4) is 11.5 Å². The van der Waals surface area contributed by atoms with Crippen molar-refractivity contribution in [3.63, 3.8) is 0 Å². The van der Waals surface area contributed by atoms with Crippen LogP contribution in [-0.2, 0) is 6.54 Å². The van der Waals surface area contributed by atoms with Crippen molar-refractivity contribution in [2.75, 3.05) is 6.54 Å². The van der Waals surface area contributed by atoms with Gasteiger partial charge in [0.05, 0.1) is 12.4 Å². The van der Waals surface area contributed by atoms with Crippen LogP contribution in [0.3, 0.4) is 0 Å². The summed E-state index contributed by atoms with van der Waals surface area (Å²) in [5, 5.41) is 7.68. The second-order valence-electron chi connectivity index (χ2n) is 5.46. The minimum atomic E-state index is 0.326. The van der Waals surface area contributed by atoms with Crippen LogP contribution in [-0.4, -0.2) is 21.3 Å². The molecule has 0 aliphatic carbocycles. The lowest BCUT2D eigenvalue weighted by molar-refractivity contribution is 0.466. The molecule has 0 amide bonds. The van der Waals surface area contributed by atoms with Crippen LogP contribution >= 0.6 is 0 Å². The molecular weight excluding hydrogens is 264 g/mol. The Labute approximate surface area is 126 Å². The molecule has 0 saturated heterocycles. The first kappa shape index (κ1) is 15.5. The molecule has 0 atom stereocenters. The summed E-state index contributed by atoms with van der Waals surface area (Å²) >= 11 is 0. The highest BCUT2D eigenvalue weighted by atomic mass is 16.5. The summed E-state index contributed by atoms with van der Waals surface area (Å²) in [7, 11) is 0. The van der Waals surface area contributed by atoms with Crippen molar-refractivity contribution >= 4 is 0 Å². The zero-order chi connectivity index (χ0) is 15.2. The van der Waals surface area contributed by atoms with Crippen LogP contribution < -0.4 is 10.1 Å². The highest BCUT2D eigenvalue weighted by Gasteiger charge is 2.09. The molecule has 1 N–H and O–H groups in total. The predicted molar refractivity (Wildman–Crippen MR) is 83.7 cm³/mol. The molecule has 0 fully saturated rings. The quantitative estimate of drug-likeness (QED) is 0.793. The van der Waals surface area contributed by atoms with Gasteiger partial charge in [0.2, 0.25) is 0 Å². The van der Waals surface area contributed by atoms with E-state index in [4.69, 9.17) is 4.74 Å². The highest BCUT2D eigenvalue weighted by Crippen LogP contribution is 2.26. The minimum absolute atomic E-state index is 0.326. The highest BCUT2D eigenvalue weighted by molar-refractivity contribution is 5.36. The smallest absolute Gasteiger partial charge is 0.165 e. The molecule has 2 rings (SSSR count). The van der Waals surface area contributed by atoms with E-state index in [1.165, 1.54) is 0 Å². The van der Waals surface area contributed by atoms with Gasteiger partial charge in [-0.3, -0.25) is 9.67 Å². The number of aromatic nitrogens is 3. The summed E-state index contributed by atoms with van der Waals surface area (Å²) in [5.41, 5.74) is 2.01. The molecule has 0 aliphatic rings. The summed E-state index contributed by atoms with van der Waals surface area (Å²) < 4.78 is 7.88. The first-order valence-corrected chi connectivity index (χ1v) is 7.48. The normalized spacial score (nSPS) is 11.1. The number of ether oxygens (including phenoxy) is 1. The first-order valence-electron chi connectivity index (χ1n) is 7.48. The maximum Gasteiger partial charge on any atom is 0.165 e. The Morgan fingerprint density at radius 3 is 2.81 bits per heavy atom. The van der Waals surface area contributed by atoms with Crippen molar-refractivity contribution in [3.05, 3.63) is 35.9 Å². The predicted octanol–water partition coefficient (Wildman–Crippen LogP) is 3.46. The fourth-order valence-corrected chi connectivity index (χ4v) is 1.97. The minimum Gasteiger partial charge on any atom is -0.454 e. The van der Waals surface area contributed by atoms with E-state index in [0.717, 1.165) is 42.3 Å². The summed E-state index contributed by atoms with van der Waals surface area (Å²) in [5.74, 6) is 1.60. The average molecular weight is 288 g/mol. The molecule has 0 unspecified atom stereocenters. The van der Waals surface area contributed by atoms with E-state index in [9.17, 15) is 0 Å². The number of pyridine rings is 1. The maximum atomic E-state index is 5.99. The lowest BCUT2D eigenvalue weighted by Gasteiger charge is -2.11. The van der Waals surface area contributed by atoms with Gasteiger partial charge >= 0.3 is 0 Å². The molecule has 21 heavy (non-hydrogen) atoms. The lowest BCUT2D eigenvalue weighted by atomic mass is 10.2. The van der Waals surface area contributed by atoms with Crippen molar-refractivity contribution in [1.29, 1.82) is 0 Å². The van der Waals surface area contributed by atoms with Gasteiger partial charge in [0.1, 0.15) is 5.75 Å². The topological polar surface area (TPSA) is 52.0 Å². The standard InChI is InChI=1S/C16H24N4O/c1-5-6-17-8-14-9-18-13(4)7-16(14)21-15-10-19-20(11-15)12(2)3/h7,9-12,17H,5-6,8H2,1-4H3. The zero-order valence-corrected chi connectivity index (χ0v) is 13.3. The molecule has 114 valence electrons. The molecule has 5 heteroatoms. The molecule has 0 radical (unpaired) electrons. The molecule has 2 aromatic rings. The van der Waals surface area contributed by atoms with Gasteiger partial charge in [-0.1, -0.05) is 6.92 Å². The number of hydrogen-bond acceptors (Lipinski definition) is 4. The second kappa shape index (κ2) is 7.22. The van der Waals surface area contributed by atoms with Crippen molar-refractivity contribution in [2.45, 2.75) is 46.7 Å². The number of nitrogens with zero attached hydrogens (tertiary/aromatic N) is 3. The van der Waals surface area contributed by atoms with Gasteiger partial charge in [-0.05, 0) is 33.7 Å². The second-order valence-corrected chi connectivity index (χ2v) is 5.46. The van der Waals surface area contributed by atoms with E-state index in [2.05, 4.69) is 36.2 Å². The Hall–Kier alpha value is -1.88. The summed E-state index contributed by atoms with van der Waals surface area (Å²) in [4.78, 5) is 4.35. The van der Waals surface area contributed by atoms with E-state index >= 15 is 0 Å². The Morgan fingerprint density at radius 1 is 1.33 bits per heavy atom. The Balaban J connectivity index is 2.14.